The van der Waals surface area contributed by atoms with Crippen molar-refractivity contribution in [3.63, 3.8) is 0 Å². The molecule has 3 aromatic carbocycles. The van der Waals surface area contributed by atoms with Crippen molar-refractivity contribution in [3.8, 4) is 0 Å². The van der Waals surface area contributed by atoms with E-state index < -0.39 is 23.5 Å². The van der Waals surface area contributed by atoms with E-state index in [2.05, 4.69) is 5.32 Å². The molecular weight excluding hydrogens is 580 g/mol. The average molecular weight is 608 g/mol. The third-order valence-electron chi connectivity index (χ3n) is 7.66. The second-order valence-corrected chi connectivity index (χ2v) is 10.8. The summed E-state index contributed by atoms with van der Waals surface area (Å²) in [5.74, 6) is -4.38. The number of aliphatic carboxylic acids is 1. The molecule has 0 aliphatic carbocycles. The zero-order valence-corrected chi connectivity index (χ0v) is 22.8. The zero-order valence-electron chi connectivity index (χ0n) is 22.8. The number of hydrogen-bond acceptors (Lipinski definition) is 4. The van der Waals surface area contributed by atoms with Gasteiger partial charge in [-0.1, -0.05) is 36.4 Å². The van der Waals surface area contributed by atoms with E-state index in [0.29, 0.717) is 40.7 Å². The predicted molar refractivity (Wildman–Crippen MR) is 140 cm³/mol. The molecular formula is C30H27F6N3O4. The van der Waals surface area contributed by atoms with Gasteiger partial charge in [0.1, 0.15) is 35.5 Å². The average Bonchev–Trinajstić information content (AvgIpc) is 3.49. The van der Waals surface area contributed by atoms with Gasteiger partial charge in [-0.2, -0.15) is 13.2 Å². The number of likely N-dealkylation sites (N-methyl/N-ethyl adjacent to an activating group) is 1. The number of nitrogens with zero attached hydrogens (tertiary/aromatic N) is 2. The summed E-state index contributed by atoms with van der Waals surface area (Å²) < 4.78 is 73.0. The molecule has 2 aliphatic rings. The van der Waals surface area contributed by atoms with Crippen molar-refractivity contribution < 1.29 is 50.3 Å². The summed E-state index contributed by atoms with van der Waals surface area (Å²) in [5, 5.41) is 11.9. The first-order chi connectivity index (χ1) is 20.1. The number of carboxylic acid groups (broad SMARTS) is 1. The number of quaternary nitrogens is 1. The third kappa shape index (κ3) is 7.16. The maximum atomic E-state index is 13.7. The number of rotatable bonds is 6. The van der Waals surface area contributed by atoms with Gasteiger partial charge < -0.3 is 24.6 Å². The lowest BCUT2D eigenvalue weighted by Crippen LogP contribution is -2.49. The fourth-order valence-electron chi connectivity index (χ4n) is 5.53. The van der Waals surface area contributed by atoms with E-state index in [-0.39, 0.29) is 42.6 Å². The summed E-state index contributed by atoms with van der Waals surface area (Å²) in [6, 6.07) is 17.2. The van der Waals surface area contributed by atoms with Gasteiger partial charge in [0.15, 0.2) is 0 Å². The largest absolute Gasteiger partial charge is 0.542 e. The van der Waals surface area contributed by atoms with Crippen LogP contribution >= 0.6 is 0 Å². The molecule has 2 fully saturated rings. The van der Waals surface area contributed by atoms with Crippen LogP contribution in [-0.2, 0) is 10.3 Å². The minimum atomic E-state index is -5.19. The molecule has 228 valence electrons. The van der Waals surface area contributed by atoms with E-state index in [1.807, 2.05) is 7.05 Å². The molecule has 2 amide bonds. The van der Waals surface area contributed by atoms with Crippen LogP contribution in [0.15, 0.2) is 72.8 Å². The summed E-state index contributed by atoms with van der Waals surface area (Å²) in [4.78, 5) is 36.7. The highest BCUT2D eigenvalue weighted by Crippen LogP contribution is 2.37. The van der Waals surface area contributed by atoms with E-state index in [9.17, 15) is 35.9 Å². The van der Waals surface area contributed by atoms with Crippen LogP contribution in [0.5, 0.6) is 0 Å². The molecule has 0 spiro atoms. The van der Waals surface area contributed by atoms with Crippen molar-refractivity contribution in [2.24, 2.45) is 0 Å². The Morgan fingerprint density at radius 3 is 1.98 bits per heavy atom. The highest BCUT2D eigenvalue weighted by atomic mass is 19.4. The van der Waals surface area contributed by atoms with Crippen LogP contribution in [0, 0.1) is 17.5 Å². The molecule has 2 atom stereocenters. The van der Waals surface area contributed by atoms with Crippen molar-refractivity contribution >= 4 is 17.8 Å². The van der Waals surface area contributed by atoms with E-state index in [4.69, 9.17) is 9.90 Å². The molecule has 43 heavy (non-hydrogen) atoms. The Morgan fingerprint density at radius 2 is 1.49 bits per heavy atom. The van der Waals surface area contributed by atoms with Gasteiger partial charge in [0.2, 0.25) is 5.78 Å². The number of nitrogens with one attached hydrogen (secondary N) is 1. The van der Waals surface area contributed by atoms with Crippen molar-refractivity contribution in [2.45, 2.75) is 24.2 Å². The first-order valence-corrected chi connectivity index (χ1v) is 13.1. The van der Waals surface area contributed by atoms with Crippen LogP contribution in [-0.4, -0.2) is 72.6 Å². The molecule has 7 nitrogen and oxygen atoms in total. The quantitative estimate of drug-likeness (QED) is 0.263. The second-order valence-electron chi connectivity index (χ2n) is 10.8. The Hall–Kier alpha value is -4.39. The number of Topliss-reactive ketones (excluding diaryl/α,β-unsaturated/α-hetero) is 1. The molecule has 0 saturated carbocycles. The molecule has 1 N–H and O–H groups in total. The van der Waals surface area contributed by atoms with Gasteiger partial charge in [-0.3, -0.25) is 4.79 Å². The fraction of sp³-hybridized carbons (Fsp3) is 0.300. The number of likely N-dealkylation sites (tertiary alicyclic amines) is 1. The molecule has 2 aliphatic heterocycles. The standard InChI is InChI=1S/C28H26F3N3O2.C2HF3O2/c1-34(17-26(35)19-3-2-4-24(31)15-19)14-13-25(16-34)33-18-28(32-27(33)36,20-5-9-22(29)10-6-20)21-7-11-23(30)12-8-21;3-2(4,5)1(6)7/h2-12,15,25H,13-14,16-18H2,1H3;(H,6,7)/t25-,34?;/m1./s1. The monoisotopic (exact) mass is 607 g/mol. The summed E-state index contributed by atoms with van der Waals surface area (Å²) in [5.41, 5.74) is 0.760. The first kappa shape index (κ1) is 31.5. The van der Waals surface area contributed by atoms with Crippen LogP contribution in [0.1, 0.15) is 27.9 Å². The summed E-state index contributed by atoms with van der Waals surface area (Å²) >= 11 is 0. The number of carboxylic acids is 1. The minimum Gasteiger partial charge on any atom is -0.542 e. The summed E-state index contributed by atoms with van der Waals surface area (Å²) in [7, 11) is 1.97. The number of ketones is 1. The number of amides is 2. The van der Waals surface area contributed by atoms with Crippen LogP contribution in [0.4, 0.5) is 31.1 Å². The normalized spacial score (nSPS) is 21.1. The predicted octanol–water partition coefficient (Wildman–Crippen LogP) is 3.77. The van der Waals surface area contributed by atoms with Gasteiger partial charge in [-0.15, -0.1) is 0 Å². The van der Waals surface area contributed by atoms with Crippen molar-refractivity contribution in [2.75, 3.05) is 33.2 Å². The number of halogens is 6. The first-order valence-electron chi connectivity index (χ1n) is 13.1. The summed E-state index contributed by atoms with van der Waals surface area (Å²) in [6.45, 7) is 1.75. The number of benzene rings is 3. The van der Waals surface area contributed by atoms with Crippen molar-refractivity contribution in [1.29, 1.82) is 0 Å². The van der Waals surface area contributed by atoms with Crippen molar-refractivity contribution in [1.82, 2.24) is 10.2 Å². The molecule has 3 aromatic rings. The Bertz CT molecular complexity index is 1450. The molecule has 0 radical (unpaired) electrons. The fourth-order valence-corrected chi connectivity index (χ4v) is 5.53. The molecule has 2 saturated heterocycles. The van der Waals surface area contributed by atoms with Crippen LogP contribution < -0.4 is 10.4 Å². The van der Waals surface area contributed by atoms with E-state index in [0.717, 1.165) is 0 Å². The smallest absolute Gasteiger partial charge is 0.430 e. The highest BCUT2D eigenvalue weighted by molar-refractivity contribution is 5.97. The Labute approximate surface area is 242 Å². The van der Waals surface area contributed by atoms with Gasteiger partial charge in [0.25, 0.3) is 0 Å². The highest BCUT2D eigenvalue weighted by Gasteiger charge is 2.50. The van der Waals surface area contributed by atoms with E-state index >= 15 is 0 Å². The van der Waals surface area contributed by atoms with Gasteiger partial charge in [-0.05, 0) is 47.5 Å². The molecule has 5 rings (SSSR count). The lowest BCUT2D eigenvalue weighted by atomic mass is 9.83. The molecule has 1 unspecified atom stereocenters. The zero-order chi connectivity index (χ0) is 31.6. The Balaban J connectivity index is 0.000000541. The second kappa shape index (κ2) is 12.1. The Kier molecular flexibility index (Phi) is 8.86. The van der Waals surface area contributed by atoms with Crippen LogP contribution in [0.3, 0.4) is 0 Å². The van der Waals surface area contributed by atoms with E-state index in [1.165, 1.54) is 42.5 Å². The number of urea groups is 1. The van der Waals surface area contributed by atoms with Crippen LogP contribution in [0.2, 0.25) is 0 Å². The molecule has 0 bridgehead atoms. The summed E-state index contributed by atoms with van der Waals surface area (Å²) in [6.07, 6.45) is -4.50. The SMILES string of the molecule is C[N+]1(CC(=O)c2cccc(F)c2)CC[C@@H](N2CC(c3ccc(F)cc3)(c3ccc(F)cc3)NC2=O)C1.O=C([O-])C(F)(F)F. The lowest BCUT2D eigenvalue weighted by molar-refractivity contribution is -0.890. The molecule has 2 heterocycles. The Morgan fingerprint density at radius 1 is 0.953 bits per heavy atom. The van der Waals surface area contributed by atoms with Gasteiger partial charge in [-0.25, -0.2) is 18.0 Å². The van der Waals surface area contributed by atoms with E-state index in [1.54, 1.807) is 35.2 Å². The maximum Gasteiger partial charge on any atom is 0.430 e. The lowest BCUT2D eigenvalue weighted by Gasteiger charge is -2.32. The topological polar surface area (TPSA) is 89.5 Å². The molecule has 0 aromatic heterocycles. The van der Waals surface area contributed by atoms with Crippen molar-refractivity contribution in [3.05, 3.63) is 107 Å². The van der Waals surface area contributed by atoms with Gasteiger partial charge >= 0.3 is 12.2 Å². The number of hydrogen-bond donors (Lipinski definition) is 1. The maximum absolute atomic E-state index is 13.7. The number of carbonyl (C=O) groups is 3. The third-order valence-corrected chi connectivity index (χ3v) is 7.66. The minimum absolute atomic E-state index is 0.127. The van der Waals surface area contributed by atoms with Crippen LogP contribution in [0.25, 0.3) is 0 Å². The van der Waals surface area contributed by atoms with Gasteiger partial charge in [0.05, 0.1) is 32.7 Å². The molecule has 13 heteroatoms. The number of carbonyl (C=O) groups excluding carboxylic acids is 3. The van der Waals surface area contributed by atoms with Gasteiger partial charge in [0, 0.05) is 12.0 Å². The number of alkyl halides is 3.